The highest BCUT2D eigenvalue weighted by molar-refractivity contribution is 5.70. The van der Waals surface area contributed by atoms with E-state index >= 15 is 0 Å². The van der Waals surface area contributed by atoms with E-state index in [1.807, 2.05) is 6.92 Å². The van der Waals surface area contributed by atoms with Crippen LogP contribution in [0.2, 0.25) is 0 Å². The van der Waals surface area contributed by atoms with Crippen LogP contribution < -0.4 is 0 Å². The maximum absolute atomic E-state index is 12.8. The van der Waals surface area contributed by atoms with E-state index in [-0.39, 0.29) is 26.1 Å². The molecule has 0 bridgehead atoms. The SMILES string of the molecule is CCCCCCCCCCCCCCCCCCC(=O)OC(COC(=O)CCCC)COC1OC(COC2OC(CO)C(O)C(O)C2O)C(O)C(O)C1O. The summed E-state index contributed by atoms with van der Waals surface area (Å²) >= 11 is 0. The van der Waals surface area contributed by atoms with Gasteiger partial charge in [0.15, 0.2) is 18.7 Å². The fraction of sp³-hybridized carbons (Fsp3) is 0.949. The Morgan fingerprint density at radius 1 is 0.519 bits per heavy atom. The number of carbonyl (C=O) groups is 2. The fourth-order valence-corrected chi connectivity index (χ4v) is 6.55. The summed E-state index contributed by atoms with van der Waals surface area (Å²) in [6.45, 7) is 2.30. The molecule has 0 aromatic rings. The molecule has 0 spiro atoms. The maximum atomic E-state index is 12.8. The molecule has 15 nitrogen and oxygen atoms in total. The second-order valence-electron chi connectivity index (χ2n) is 14.8. The van der Waals surface area contributed by atoms with Gasteiger partial charge in [-0.2, -0.15) is 0 Å². The van der Waals surface area contributed by atoms with E-state index in [0.29, 0.717) is 12.8 Å². The zero-order chi connectivity index (χ0) is 39.7. The Morgan fingerprint density at radius 2 is 0.963 bits per heavy atom. The number of ether oxygens (including phenoxy) is 6. The molecule has 54 heavy (non-hydrogen) atoms. The molecule has 0 aromatic carbocycles. The summed E-state index contributed by atoms with van der Waals surface area (Å²) in [6, 6.07) is 0. The second-order valence-corrected chi connectivity index (χ2v) is 14.8. The predicted molar refractivity (Wildman–Crippen MR) is 197 cm³/mol. The van der Waals surface area contributed by atoms with Gasteiger partial charge in [0.1, 0.15) is 55.4 Å². The number of rotatable bonds is 30. The highest BCUT2D eigenvalue weighted by atomic mass is 16.7. The van der Waals surface area contributed by atoms with Gasteiger partial charge < -0.3 is 64.2 Å². The van der Waals surface area contributed by atoms with Gasteiger partial charge in [-0.1, -0.05) is 117 Å². The minimum Gasteiger partial charge on any atom is -0.462 e. The van der Waals surface area contributed by atoms with Gasteiger partial charge in [-0.25, -0.2) is 0 Å². The normalized spacial score (nSPS) is 29.2. The summed E-state index contributed by atoms with van der Waals surface area (Å²) in [6.07, 6.45) is 4.40. The van der Waals surface area contributed by atoms with Crippen LogP contribution in [0.1, 0.15) is 142 Å². The van der Waals surface area contributed by atoms with Gasteiger partial charge in [0.05, 0.1) is 19.8 Å². The molecule has 11 unspecified atom stereocenters. The zero-order valence-corrected chi connectivity index (χ0v) is 32.7. The van der Waals surface area contributed by atoms with Crippen molar-refractivity contribution in [2.24, 2.45) is 0 Å². The molecule has 2 rings (SSSR count). The number of hydrogen-bond donors (Lipinski definition) is 7. The van der Waals surface area contributed by atoms with Crippen molar-refractivity contribution in [1.82, 2.24) is 0 Å². The number of aliphatic hydroxyl groups excluding tert-OH is 7. The Labute approximate surface area is 321 Å². The van der Waals surface area contributed by atoms with Gasteiger partial charge in [0, 0.05) is 12.8 Å². The quantitative estimate of drug-likeness (QED) is 0.0411. The van der Waals surface area contributed by atoms with Crippen molar-refractivity contribution in [3.63, 3.8) is 0 Å². The lowest BCUT2D eigenvalue weighted by atomic mass is 9.98. The van der Waals surface area contributed by atoms with Gasteiger partial charge in [0.2, 0.25) is 0 Å². The lowest BCUT2D eigenvalue weighted by Gasteiger charge is -2.42. The van der Waals surface area contributed by atoms with Gasteiger partial charge in [-0.15, -0.1) is 0 Å². The van der Waals surface area contributed by atoms with Crippen molar-refractivity contribution in [1.29, 1.82) is 0 Å². The molecule has 0 amide bonds. The van der Waals surface area contributed by atoms with Crippen LogP contribution in [-0.4, -0.2) is 142 Å². The molecule has 0 aliphatic carbocycles. The summed E-state index contributed by atoms with van der Waals surface area (Å²) < 4.78 is 33.0. The molecule has 2 saturated heterocycles. The highest BCUT2D eigenvalue weighted by Crippen LogP contribution is 2.26. The van der Waals surface area contributed by atoms with Crippen LogP contribution in [0.3, 0.4) is 0 Å². The molecule has 0 radical (unpaired) electrons. The molecule has 11 atom stereocenters. The van der Waals surface area contributed by atoms with Gasteiger partial charge in [-0.3, -0.25) is 9.59 Å². The number of carbonyl (C=O) groups excluding carboxylic acids is 2. The molecule has 7 N–H and O–H groups in total. The smallest absolute Gasteiger partial charge is 0.306 e. The van der Waals surface area contributed by atoms with E-state index in [1.54, 1.807) is 0 Å². The van der Waals surface area contributed by atoms with Crippen molar-refractivity contribution in [2.75, 3.05) is 26.4 Å². The Hall–Kier alpha value is -1.50. The van der Waals surface area contributed by atoms with Crippen LogP contribution >= 0.6 is 0 Å². The van der Waals surface area contributed by atoms with Gasteiger partial charge in [-0.05, 0) is 12.8 Å². The lowest BCUT2D eigenvalue weighted by molar-refractivity contribution is -0.332. The standard InChI is InChI=1S/C39H72O15/c1-3-5-7-8-9-10-11-12-13-14-15-16-17-18-19-20-22-31(42)52-27(24-49-30(41)21-6-4-2)25-50-38-37(48)35(46)33(44)29(54-38)26-51-39-36(47)34(45)32(43)28(23-40)53-39/h27-29,32-40,43-48H,3-26H2,1-2H3. The molecule has 0 saturated carbocycles. The number of esters is 2. The number of aliphatic hydroxyl groups is 7. The first-order chi connectivity index (χ1) is 26.0. The Bertz CT molecular complexity index is 970. The highest BCUT2D eigenvalue weighted by Gasteiger charge is 2.47. The average molecular weight is 781 g/mol. The Kier molecular flexibility index (Phi) is 26.0. The molecule has 2 aliphatic rings. The van der Waals surface area contributed by atoms with Crippen molar-refractivity contribution >= 4 is 11.9 Å². The first-order valence-corrected chi connectivity index (χ1v) is 20.6. The van der Waals surface area contributed by atoms with E-state index in [1.165, 1.54) is 77.0 Å². The van der Waals surface area contributed by atoms with Crippen LogP contribution in [-0.2, 0) is 38.0 Å². The zero-order valence-electron chi connectivity index (χ0n) is 32.7. The predicted octanol–water partition coefficient (Wildman–Crippen LogP) is 2.92. The molecule has 2 fully saturated rings. The molecule has 15 heteroatoms. The number of unbranched alkanes of at least 4 members (excludes halogenated alkanes) is 16. The minimum atomic E-state index is -1.75. The van der Waals surface area contributed by atoms with Crippen molar-refractivity contribution in [2.45, 2.75) is 210 Å². The fourth-order valence-electron chi connectivity index (χ4n) is 6.55. The van der Waals surface area contributed by atoms with E-state index in [2.05, 4.69) is 6.92 Å². The lowest BCUT2D eigenvalue weighted by Crippen LogP contribution is -2.61. The summed E-state index contributed by atoms with van der Waals surface area (Å²) in [5, 5.41) is 71.3. The third-order valence-electron chi connectivity index (χ3n) is 10.1. The summed E-state index contributed by atoms with van der Waals surface area (Å²) in [4.78, 5) is 25.0. The Balaban J connectivity index is 1.77. The molecule has 2 heterocycles. The van der Waals surface area contributed by atoms with Gasteiger partial charge in [0.25, 0.3) is 0 Å². The average Bonchev–Trinajstić information content (AvgIpc) is 3.16. The third-order valence-corrected chi connectivity index (χ3v) is 10.1. The molecular formula is C39H72O15. The minimum absolute atomic E-state index is 0.170. The van der Waals surface area contributed by atoms with Crippen LogP contribution in [0, 0.1) is 0 Å². The van der Waals surface area contributed by atoms with Crippen LogP contribution in [0.5, 0.6) is 0 Å². The first kappa shape index (κ1) is 48.6. The third kappa shape index (κ3) is 18.6. The summed E-state index contributed by atoms with van der Waals surface area (Å²) in [5.74, 6) is -0.960. The number of hydrogen-bond acceptors (Lipinski definition) is 15. The first-order valence-electron chi connectivity index (χ1n) is 20.6. The van der Waals surface area contributed by atoms with Gasteiger partial charge >= 0.3 is 11.9 Å². The van der Waals surface area contributed by atoms with E-state index in [9.17, 15) is 45.3 Å². The van der Waals surface area contributed by atoms with E-state index in [4.69, 9.17) is 28.4 Å². The molecular weight excluding hydrogens is 708 g/mol. The van der Waals surface area contributed by atoms with Crippen molar-refractivity contribution in [3.05, 3.63) is 0 Å². The summed E-state index contributed by atoms with van der Waals surface area (Å²) in [7, 11) is 0. The topological polar surface area (TPSA) is 231 Å². The largest absolute Gasteiger partial charge is 0.462 e. The van der Waals surface area contributed by atoms with Crippen LogP contribution in [0.4, 0.5) is 0 Å². The molecule has 2 aliphatic heterocycles. The van der Waals surface area contributed by atoms with Crippen LogP contribution in [0.15, 0.2) is 0 Å². The van der Waals surface area contributed by atoms with Crippen molar-refractivity contribution < 1.29 is 73.8 Å². The Morgan fingerprint density at radius 3 is 1.48 bits per heavy atom. The molecule has 0 aromatic heterocycles. The van der Waals surface area contributed by atoms with E-state index < -0.39 is 92.7 Å². The van der Waals surface area contributed by atoms with Crippen molar-refractivity contribution in [3.8, 4) is 0 Å². The van der Waals surface area contributed by atoms with Crippen LogP contribution in [0.25, 0.3) is 0 Å². The monoisotopic (exact) mass is 780 g/mol. The summed E-state index contributed by atoms with van der Waals surface area (Å²) in [5.41, 5.74) is 0. The van der Waals surface area contributed by atoms with E-state index in [0.717, 1.165) is 25.7 Å². The second kappa shape index (κ2) is 28.8. The molecule has 318 valence electrons. The maximum Gasteiger partial charge on any atom is 0.306 e.